The fourth-order valence-corrected chi connectivity index (χ4v) is 6.55. The smallest absolute Gasteiger partial charge is 0.135 e. The lowest BCUT2D eigenvalue weighted by molar-refractivity contribution is 0.0712. The molecule has 2 unspecified atom stereocenters. The first-order chi connectivity index (χ1) is 21.9. The van der Waals surface area contributed by atoms with Crippen LogP contribution >= 0.6 is 0 Å². The molecule has 0 aliphatic heterocycles. The number of fused-ring (bicyclic) bond motifs is 3. The fourth-order valence-electron chi connectivity index (χ4n) is 6.55. The molecular formula is C42H44N2O. The van der Waals surface area contributed by atoms with Crippen molar-refractivity contribution in [3.05, 3.63) is 151 Å². The van der Waals surface area contributed by atoms with Gasteiger partial charge in [0, 0.05) is 44.5 Å². The monoisotopic (exact) mass is 592 g/mol. The minimum Gasteiger partial charge on any atom is -0.359 e. The van der Waals surface area contributed by atoms with Gasteiger partial charge in [0.2, 0.25) is 0 Å². The van der Waals surface area contributed by atoms with Crippen molar-refractivity contribution in [3.63, 3.8) is 0 Å². The van der Waals surface area contributed by atoms with Gasteiger partial charge in [-0.05, 0) is 81.5 Å². The highest BCUT2D eigenvalue weighted by Crippen LogP contribution is 2.39. The minimum atomic E-state index is -0.222. The molecule has 3 heteroatoms. The van der Waals surface area contributed by atoms with E-state index in [1.807, 2.05) is 6.92 Å². The maximum atomic E-state index is 6.65. The van der Waals surface area contributed by atoms with Gasteiger partial charge < -0.3 is 14.6 Å². The number of aromatic nitrogens is 1. The summed E-state index contributed by atoms with van der Waals surface area (Å²) in [6.45, 7) is 9.42. The second-order valence-corrected chi connectivity index (χ2v) is 12.8. The first kappa shape index (κ1) is 30.4. The van der Waals surface area contributed by atoms with E-state index in [9.17, 15) is 0 Å². The molecule has 45 heavy (non-hydrogen) atoms. The quantitative estimate of drug-likeness (QED) is 0.120. The van der Waals surface area contributed by atoms with Gasteiger partial charge in [-0.15, -0.1) is 0 Å². The van der Waals surface area contributed by atoms with Gasteiger partial charge in [-0.3, -0.25) is 0 Å². The van der Waals surface area contributed by atoms with Crippen molar-refractivity contribution < 1.29 is 4.74 Å². The van der Waals surface area contributed by atoms with E-state index >= 15 is 0 Å². The van der Waals surface area contributed by atoms with Crippen LogP contribution in [0, 0.1) is 0 Å². The molecule has 0 radical (unpaired) electrons. The summed E-state index contributed by atoms with van der Waals surface area (Å²) in [6, 6.07) is 45.9. The molecule has 228 valence electrons. The molecule has 0 spiro atoms. The minimum absolute atomic E-state index is 0.0357. The molecule has 0 saturated heterocycles. The number of para-hydroxylation sites is 2. The van der Waals surface area contributed by atoms with Crippen LogP contribution in [0.1, 0.15) is 51.2 Å². The molecule has 0 aliphatic rings. The van der Waals surface area contributed by atoms with Gasteiger partial charge in [0.1, 0.15) is 6.23 Å². The number of rotatable bonds is 11. The van der Waals surface area contributed by atoms with Crippen LogP contribution in [0.15, 0.2) is 140 Å². The van der Waals surface area contributed by atoms with Gasteiger partial charge in [-0.1, -0.05) is 115 Å². The van der Waals surface area contributed by atoms with Crippen LogP contribution in [0.25, 0.3) is 32.9 Å². The summed E-state index contributed by atoms with van der Waals surface area (Å²) >= 11 is 0. The predicted octanol–water partition coefficient (Wildman–Crippen LogP) is 11.0. The maximum Gasteiger partial charge on any atom is 0.135 e. The lowest BCUT2D eigenvalue weighted by Crippen LogP contribution is -2.31. The van der Waals surface area contributed by atoms with Crippen molar-refractivity contribution in [1.29, 1.82) is 0 Å². The molecule has 0 fully saturated rings. The number of benzene rings is 5. The Balaban J connectivity index is 1.40. The SMILES string of the molecule is C/C=C\COC(Nc1ccccc1-c1ccc2c(c1)c1ccccc1n2C(C)(C)C)C(CCc1ccccc1)c1ccccc1. The molecule has 3 nitrogen and oxygen atoms in total. The van der Waals surface area contributed by atoms with Crippen molar-refractivity contribution >= 4 is 27.5 Å². The van der Waals surface area contributed by atoms with E-state index in [0.717, 1.165) is 18.5 Å². The Labute approximate surface area is 268 Å². The topological polar surface area (TPSA) is 26.2 Å². The molecule has 0 bridgehead atoms. The van der Waals surface area contributed by atoms with Crippen molar-refractivity contribution in [2.45, 2.75) is 58.2 Å². The first-order valence-electron chi connectivity index (χ1n) is 16.2. The van der Waals surface area contributed by atoms with E-state index in [-0.39, 0.29) is 17.7 Å². The zero-order chi connectivity index (χ0) is 31.2. The second kappa shape index (κ2) is 13.6. The van der Waals surface area contributed by atoms with Gasteiger partial charge in [0.25, 0.3) is 0 Å². The van der Waals surface area contributed by atoms with Crippen LogP contribution in [0.3, 0.4) is 0 Å². The van der Waals surface area contributed by atoms with Crippen molar-refractivity contribution in [2.75, 3.05) is 11.9 Å². The molecule has 0 saturated carbocycles. The van der Waals surface area contributed by atoms with Crippen LogP contribution in [0.5, 0.6) is 0 Å². The molecule has 1 aromatic heterocycles. The Hall–Kier alpha value is -4.60. The summed E-state index contributed by atoms with van der Waals surface area (Å²) in [6.07, 6.45) is 5.85. The number of nitrogens with one attached hydrogen (secondary N) is 1. The lowest BCUT2D eigenvalue weighted by atomic mass is 9.90. The molecule has 6 aromatic rings. The first-order valence-corrected chi connectivity index (χ1v) is 16.2. The number of allylic oxidation sites excluding steroid dienone is 1. The van der Waals surface area contributed by atoms with E-state index in [0.29, 0.717) is 6.61 Å². The third-order valence-electron chi connectivity index (χ3n) is 8.67. The van der Waals surface area contributed by atoms with Gasteiger partial charge in [-0.25, -0.2) is 0 Å². The molecule has 0 aliphatic carbocycles. The highest BCUT2D eigenvalue weighted by atomic mass is 16.5. The Morgan fingerprint density at radius 3 is 2.16 bits per heavy atom. The van der Waals surface area contributed by atoms with E-state index in [1.165, 1.54) is 44.1 Å². The third kappa shape index (κ3) is 6.74. The van der Waals surface area contributed by atoms with Crippen molar-refractivity contribution in [3.8, 4) is 11.1 Å². The fraction of sp³-hybridized carbons (Fsp3) is 0.238. The largest absolute Gasteiger partial charge is 0.359 e. The number of anilines is 1. The summed E-state index contributed by atoms with van der Waals surface area (Å²) in [5, 5.41) is 6.45. The van der Waals surface area contributed by atoms with E-state index in [2.05, 4.69) is 170 Å². The van der Waals surface area contributed by atoms with Gasteiger partial charge in [0.05, 0.1) is 6.61 Å². The summed E-state index contributed by atoms with van der Waals surface area (Å²) in [4.78, 5) is 0. The Kier molecular flexibility index (Phi) is 9.18. The molecule has 0 amide bonds. The standard InChI is InChI=1S/C42H44N2O/c1-5-6-29-45-41(35(32-19-11-8-12-20-32)27-25-31-17-9-7-10-18-31)43-38-23-15-13-21-34(38)33-26-28-40-37(30-33)36-22-14-16-24-39(36)44(40)42(2,3)4/h5-24,26,28,30,35,41,43H,25,27,29H2,1-4H3/b6-5-. The Morgan fingerprint density at radius 2 is 1.40 bits per heavy atom. The van der Waals surface area contributed by atoms with E-state index < -0.39 is 0 Å². The predicted molar refractivity (Wildman–Crippen MR) is 192 cm³/mol. The normalized spacial score (nSPS) is 13.4. The molecule has 1 N–H and O–H groups in total. The number of nitrogens with zero attached hydrogens (tertiary/aromatic N) is 1. The molecule has 1 heterocycles. The van der Waals surface area contributed by atoms with Crippen LogP contribution < -0.4 is 5.32 Å². The average Bonchev–Trinajstić information content (AvgIpc) is 3.40. The van der Waals surface area contributed by atoms with Crippen molar-refractivity contribution in [1.82, 2.24) is 4.57 Å². The van der Waals surface area contributed by atoms with E-state index in [1.54, 1.807) is 0 Å². The van der Waals surface area contributed by atoms with Gasteiger partial charge in [0.15, 0.2) is 0 Å². The summed E-state index contributed by atoms with van der Waals surface area (Å²) in [5.74, 6) is 0.150. The number of hydrogen-bond donors (Lipinski definition) is 1. The third-order valence-corrected chi connectivity index (χ3v) is 8.67. The average molecular weight is 593 g/mol. The Morgan fingerprint density at radius 1 is 0.733 bits per heavy atom. The molecule has 6 rings (SSSR count). The number of ether oxygens (including phenoxy) is 1. The van der Waals surface area contributed by atoms with Gasteiger partial charge >= 0.3 is 0 Å². The van der Waals surface area contributed by atoms with Crippen LogP contribution in [0.4, 0.5) is 5.69 Å². The molecule has 2 atom stereocenters. The number of hydrogen-bond acceptors (Lipinski definition) is 2. The number of aryl methyl sites for hydroxylation is 1. The summed E-state index contributed by atoms with van der Waals surface area (Å²) in [7, 11) is 0. The van der Waals surface area contributed by atoms with E-state index in [4.69, 9.17) is 4.74 Å². The van der Waals surface area contributed by atoms with Crippen LogP contribution in [0.2, 0.25) is 0 Å². The zero-order valence-electron chi connectivity index (χ0n) is 26.9. The highest BCUT2D eigenvalue weighted by molar-refractivity contribution is 6.09. The maximum absolute atomic E-state index is 6.65. The summed E-state index contributed by atoms with van der Waals surface area (Å²) in [5.41, 5.74) is 8.54. The highest BCUT2D eigenvalue weighted by Gasteiger charge is 2.26. The second-order valence-electron chi connectivity index (χ2n) is 12.8. The summed E-state index contributed by atoms with van der Waals surface area (Å²) < 4.78 is 9.12. The van der Waals surface area contributed by atoms with Gasteiger partial charge in [-0.2, -0.15) is 0 Å². The lowest BCUT2D eigenvalue weighted by Gasteiger charge is -2.30. The van der Waals surface area contributed by atoms with Crippen LogP contribution in [-0.4, -0.2) is 17.4 Å². The Bertz CT molecular complexity index is 1880. The molecule has 5 aromatic carbocycles. The van der Waals surface area contributed by atoms with Crippen molar-refractivity contribution in [2.24, 2.45) is 0 Å². The molecular weight excluding hydrogens is 548 g/mol. The zero-order valence-corrected chi connectivity index (χ0v) is 26.9. The van der Waals surface area contributed by atoms with Crippen LogP contribution in [-0.2, 0) is 16.7 Å².